The second kappa shape index (κ2) is 17.7. The molecule has 0 atom stereocenters. The molecule has 0 radical (unpaired) electrons. The Balaban J connectivity index is 1.65. The van der Waals surface area contributed by atoms with E-state index in [2.05, 4.69) is 98.2 Å². The molecule has 1 aromatic heterocycles. The minimum atomic E-state index is 0.568. The summed E-state index contributed by atoms with van der Waals surface area (Å²) >= 11 is 1.83. The highest BCUT2D eigenvalue weighted by molar-refractivity contribution is 8.03. The van der Waals surface area contributed by atoms with Crippen LogP contribution in [0.3, 0.4) is 0 Å². The number of methoxy groups -OCH3 is 1. The third kappa shape index (κ3) is 11.6. The van der Waals surface area contributed by atoms with Gasteiger partial charge in [-0.3, -0.25) is 4.90 Å². The Morgan fingerprint density at radius 3 is 2.27 bits per heavy atom. The van der Waals surface area contributed by atoms with E-state index in [1.54, 1.807) is 7.11 Å². The van der Waals surface area contributed by atoms with Gasteiger partial charge < -0.3 is 28.3 Å². The highest BCUT2D eigenvalue weighted by Gasteiger charge is 2.23. The van der Waals surface area contributed by atoms with Crippen molar-refractivity contribution in [3.8, 4) is 0 Å². The minimum Gasteiger partial charge on any atom is -0.382 e. The van der Waals surface area contributed by atoms with E-state index >= 15 is 0 Å². The number of quaternary nitrogens is 1. The average molecular weight is 589 g/mol. The molecular formula is C32H52N4O4S+2. The molecule has 0 fully saturated rings. The van der Waals surface area contributed by atoms with Gasteiger partial charge in [-0.1, -0.05) is 30.8 Å². The topological polar surface area (TPSA) is 47.3 Å². The van der Waals surface area contributed by atoms with E-state index in [4.69, 9.17) is 18.9 Å². The Kier molecular flexibility index (Phi) is 14.4. The molecule has 228 valence electrons. The maximum Gasteiger partial charge on any atom is 0.277 e. The van der Waals surface area contributed by atoms with Crippen molar-refractivity contribution in [1.82, 2.24) is 0 Å². The Labute approximate surface area is 252 Å². The van der Waals surface area contributed by atoms with Crippen molar-refractivity contribution < 1.29 is 28.0 Å². The summed E-state index contributed by atoms with van der Waals surface area (Å²) in [7, 11) is 10.6. The summed E-state index contributed by atoms with van der Waals surface area (Å²) < 4.78 is 25.3. The lowest BCUT2D eigenvalue weighted by molar-refractivity contribution is -0.870. The van der Waals surface area contributed by atoms with Crippen LogP contribution in [0.15, 0.2) is 52.5 Å². The van der Waals surface area contributed by atoms with Gasteiger partial charge in [0.15, 0.2) is 0 Å². The molecule has 0 bridgehead atoms. The first-order valence-electron chi connectivity index (χ1n) is 14.9. The predicted octanol–water partition coefficient (Wildman–Crippen LogP) is 4.52. The number of ether oxygens (including phenoxy) is 4. The molecule has 0 spiro atoms. The van der Waals surface area contributed by atoms with Crippen LogP contribution in [0.4, 0.5) is 11.5 Å². The maximum absolute atomic E-state index is 5.94. The summed E-state index contributed by atoms with van der Waals surface area (Å²) in [6.45, 7) is 10.4. The number of anilines is 2. The van der Waals surface area contributed by atoms with Crippen molar-refractivity contribution >= 4 is 29.3 Å². The fraction of sp³-hybridized carbons (Fsp3) is 0.594. The quantitative estimate of drug-likeness (QED) is 0.128. The molecule has 1 aliphatic heterocycles. The van der Waals surface area contributed by atoms with Crippen LogP contribution in [-0.4, -0.2) is 106 Å². The summed E-state index contributed by atoms with van der Waals surface area (Å²) in [5.41, 5.74) is 2.48. The number of benzene rings is 1. The first-order valence-corrected chi connectivity index (χ1v) is 15.7. The maximum atomic E-state index is 5.94. The Bertz CT molecular complexity index is 1080. The zero-order chi connectivity index (χ0) is 29.5. The molecule has 9 heteroatoms. The van der Waals surface area contributed by atoms with Gasteiger partial charge in [-0.05, 0) is 36.3 Å². The number of hydrogen-bond donors (Lipinski definition) is 0. The number of rotatable bonds is 20. The Morgan fingerprint density at radius 1 is 0.927 bits per heavy atom. The van der Waals surface area contributed by atoms with Gasteiger partial charge in [-0.25, -0.2) is 4.57 Å². The van der Waals surface area contributed by atoms with Gasteiger partial charge in [0, 0.05) is 31.5 Å². The fourth-order valence-corrected chi connectivity index (χ4v) is 5.78. The largest absolute Gasteiger partial charge is 0.382 e. The average Bonchev–Trinajstić information content (AvgIpc) is 3.26. The van der Waals surface area contributed by atoms with Crippen molar-refractivity contribution in [2.75, 3.05) is 111 Å². The third-order valence-corrected chi connectivity index (χ3v) is 7.99. The molecule has 0 aliphatic carbocycles. The summed E-state index contributed by atoms with van der Waals surface area (Å²) in [5.74, 6) is 1.25. The summed E-state index contributed by atoms with van der Waals surface area (Å²) in [6, 6.07) is 13.2. The summed E-state index contributed by atoms with van der Waals surface area (Å²) in [5, 5.41) is 1.24. The first kappa shape index (κ1) is 33.4. The summed E-state index contributed by atoms with van der Waals surface area (Å²) in [4.78, 5) is 6.14. The van der Waals surface area contributed by atoms with E-state index in [-0.39, 0.29) is 0 Å². The first-order chi connectivity index (χ1) is 19.8. The number of thioether (sulfide) groups is 1. The molecule has 0 saturated carbocycles. The van der Waals surface area contributed by atoms with Gasteiger partial charge in [0.2, 0.25) is 0 Å². The lowest BCUT2D eigenvalue weighted by Crippen LogP contribution is -2.45. The molecule has 2 heterocycles. The van der Waals surface area contributed by atoms with Crippen molar-refractivity contribution in [2.24, 2.45) is 0 Å². The molecule has 0 unspecified atom stereocenters. The lowest BCUT2D eigenvalue weighted by Gasteiger charge is -2.25. The molecule has 0 N–H and O–H groups in total. The van der Waals surface area contributed by atoms with Gasteiger partial charge in [0.25, 0.3) is 5.82 Å². The number of fused-ring (bicyclic) bond motifs is 1. The van der Waals surface area contributed by atoms with E-state index in [9.17, 15) is 0 Å². The van der Waals surface area contributed by atoms with Crippen LogP contribution in [0.2, 0.25) is 0 Å². The predicted molar refractivity (Wildman–Crippen MR) is 170 cm³/mol. The highest BCUT2D eigenvalue weighted by atomic mass is 32.2. The highest BCUT2D eigenvalue weighted by Crippen LogP contribution is 2.45. The number of aromatic nitrogens is 1. The van der Waals surface area contributed by atoms with E-state index in [0.717, 1.165) is 43.5 Å². The van der Waals surface area contributed by atoms with E-state index < -0.39 is 0 Å². The zero-order valence-corrected chi connectivity index (χ0v) is 27.0. The van der Waals surface area contributed by atoms with E-state index in [1.807, 2.05) is 11.8 Å². The molecule has 1 aliphatic rings. The van der Waals surface area contributed by atoms with Crippen LogP contribution in [0.1, 0.15) is 25.3 Å². The van der Waals surface area contributed by atoms with Gasteiger partial charge >= 0.3 is 0 Å². The van der Waals surface area contributed by atoms with Crippen LogP contribution in [0, 0.1) is 0 Å². The molecular weight excluding hydrogens is 536 g/mol. The SMILES string of the molecule is CCCN(CCC[N+](C)(C)C)c1cc(C=C2Sc3ccccc3N2C)cc[n+]1CCOCCOCCOCCOC. The third-order valence-electron chi connectivity index (χ3n) is 6.83. The van der Waals surface area contributed by atoms with Gasteiger partial charge in [-0.15, -0.1) is 0 Å². The fourth-order valence-electron chi connectivity index (χ4n) is 4.67. The Morgan fingerprint density at radius 2 is 1.61 bits per heavy atom. The van der Waals surface area contributed by atoms with Crippen molar-refractivity contribution in [3.63, 3.8) is 0 Å². The van der Waals surface area contributed by atoms with Crippen LogP contribution >= 0.6 is 11.8 Å². The van der Waals surface area contributed by atoms with Crippen LogP contribution in [-0.2, 0) is 25.5 Å². The van der Waals surface area contributed by atoms with E-state index in [0.29, 0.717) is 46.2 Å². The molecule has 3 rings (SSSR count). The molecule has 0 saturated heterocycles. The Hall–Kier alpha value is -2.14. The number of para-hydroxylation sites is 1. The second-order valence-electron chi connectivity index (χ2n) is 11.3. The standard InChI is InChI=1S/C32H52N4O4S/c1-7-14-34(15-10-18-36(3,4)5)31-26-28(27-32-33(2)29-11-8-9-12-30(29)41-32)13-16-35(31)17-19-38-22-23-40-25-24-39-21-20-37-6/h8-9,11-13,16,26-27H,7,10,14-15,17-25H2,1-6H3/q+2. The lowest BCUT2D eigenvalue weighted by atomic mass is 10.2. The molecule has 1 aromatic carbocycles. The monoisotopic (exact) mass is 588 g/mol. The second-order valence-corrected chi connectivity index (χ2v) is 12.4. The number of hydrogen-bond acceptors (Lipinski definition) is 7. The molecule has 41 heavy (non-hydrogen) atoms. The zero-order valence-electron chi connectivity index (χ0n) is 26.1. The van der Waals surface area contributed by atoms with E-state index in [1.165, 1.54) is 27.0 Å². The normalized spacial score (nSPS) is 14.2. The van der Waals surface area contributed by atoms with Crippen molar-refractivity contribution in [1.29, 1.82) is 0 Å². The van der Waals surface area contributed by atoms with Crippen molar-refractivity contribution in [3.05, 3.63) is 53.2 Å². The van der Waals surface area contributed by atoms with Gasteiger partial charge in [0.05, 0.1) is 104 Å². The van der Waals surface area contributed by atoms with Crippen LogP contribution in [0.5, 0.6) is 0 Å². The molecule has 0 amide bonds. The van der Waals surface area contributed by atoms with Gasteiger partial charge in [-0.2, -0.15) is 0 Å². The smallest absolute Gasteiger partial charge is 0.277 e. The van der Waals surface area contributed by atoms with Gasteiger partial charge in [0.1, 0.15) is 6.54 Å². The number of pyridine rings is 1. The van der Waals surface area contributed by atoms with Crippen LogP contribution in [0.25, 0.3) is 6.08 Å². The summed E-state index contributed by atoms with van der Waals surface area (Å²) in [6.07, 6.45) is 6.77. The minimum absolute atomic E-state index is 0.568. The van der Waals surface area contributed by atoms with Crippen molar-refractivity contribution in [2.45, 2.75) is 31.2 Å². The van der Waals surface area contributed by atoms with Crippen LogP contribution < -0.4 is 14.4 Å². The molecule has 2 aromatic rings. The molecule has 8 nitrogen and oxygen atoms in total. The number of nitrogens with zero attached hydrogens (tertiary/aromatic N) is 4.